The van der Waals surface area contributed by atoms with Crippen molar-refractivity contribution in [3.63, 3.8) is 0 Å². The van der Waals surface area contributed by atoms with Gasteiger partial charge in [-0.2, -0.15) is 0 Å². The lowest BCUT2D eigenvalue weighted by Gasteiger charge is -2.10. The van der Waals surface area contributed by atoms with Gasteiger partial charge in [-0.05, 0) is 60.7 Å². The Morgan fingerprint density at radius 2 is 1.05 bits per heavy atom. The molecule has 4 aromatic rings. The second-order valence-corrected chi connectivity index (χ2v) is 7.75. The highest BCUT2D eigenvalue weighted by Crippen LogP contribution is 2.32. The maximum atomic E-state index is 13.4. The predicted octanol–water partition coefficient (Wildman–Crippen LogP) is 7.15. The number of aromatic carboxylic acids is 2. The summed E-state index contributed by atoms with van der Waals surface area (Å²) in [6.07, 6.45) is 0. The first-order valence-electron chi connectivity index (χ1n) is 10.4. The highest BCUT2D eigenvalue weighted by Gasteiger charge is 2.18. The number of ether oxygens (including phenoxy) is 2. The monoisotopic (exact) mass is 549 g/mol. The molecule has 0 saturated heterocycles. The van der Waals surface area contributed by atoms with Crippen molar-refractivity contribution in [3.05, 3.63) is 112 Å². The van der Waals surface area contributed by atoms with Crippen LogP contribution in [0.1, 0.15) is 20.7 Å². The van der Waals surface area contributed by atoms with E-state index in [-0.39, 0.29) is 33.3 Å². The fraction of sp³-hybridized carbons (Fsp3) is 0. The van der Waals surface area contributed by atoms with Gasteiger partial charge in [0, 0.05) is 10.7 Å². The van der Waals surface area contributed by atoms with Gasteiger partial charge in [0.05, 0.1) is 0 Å². The third-order valence-electron chi connectivity index (χ3n) is 4.67. The SMILES string of the molecule is Nc1ccc(Oc2c(F)cccc2F)c(C(=O)O)c1.O=C(O)c1cc(Cl)ccc1Oc1c(F)cccc1F. The van der Waals surface area contributed by atoms with Gasteiger partial charge in [-0.3, -0.25) is 0 Å². The summed E-state index contributed by atoms with van der Waals surface area (Å²) in [4.78, 5) is 22.0. The number of carboxylic acids is 2. The van der Waals surface area contributed by atoms with Crippen molar-refractivity contribution < 1.29 is 46.8 Å². The second kappa shape index (κ2) is 12.0. The van der Waals surface area contributed by atoms with E-state index in [1.54, 1.807) is 0 Å². The molecule has 0 aromatic heterocycles. The maximum Gasteiger partial charge on any atom is 0.339 e. The first kappa shape index (κ1) is 27.8. The molecular weight excluding hydrogens is 534 g/mol. The van der Waals surface area contributed by atoms with Crippen LogP contribution in [0.5, 0.6) is 23.0 Å². The Balaban J connectivity index is 0.000000211. The van der Waals surface area contributed by atoms with Gasteiger partial charge in [0.25, 0.3) is 0 Å². The fourth-order valence-corrected chi connectivity index (χ4v) is 3.11. The van der Waals surface area contributed by atoms with Gasteiger partial charge in [0.1, 0.15) is 22.6 Å². The minimum Gasteiger partial charge on any atom is -0.478 e. The van der Waals surface area contributed by atoms with Crippen molar-refractivity contribution in [2.45, 2.75) is 0 Å². The number of carboxylic acid groups (broad SMARTS) is 2. The van der Waals surface area contributed by atoms with Crippen LogP contribution in [0.15, 0.2) is 72.8 Å². The molecule has 0 aliphatic rings. The molecule has 7 nitrogen and oxygen atoms in total. The van der Waals surface area contributed by atoms with Crippen molar-refractivity contribution in [2.75, 3.05) is 5.73 Å². The van der Waals surface area contributed by atoms with Gasteiger partial charge in [-0.15, -0.1) is 0 Å². The average Bonchev–Trinajstić information content (AvgIpc) is 2.85. The van der Waals surface area contributed by atoms with Crippen LogP contribution in [0.25, 0.3) is 0 Å². The molecule has 0 spiro atoms. The smallest absolute Gasteiger partial charge is 0.339 e. The number of nitrogens with two attached hydrogens (primary N) is 1. The van der Waals surface area contributed by atoms with Crippen LogP contribution in [0.4, 0.5) is 23.2 Å². The Kier molecular flexibility index (Phi) is 8.77. The lowest BCUT2D eigenvalue weighted by molar-refractivity contribution is 0.0683. The van der Waals surface area contributed by atoms with Gasteiger partial charge in [0.2, 0.25) is 0 Å². The standard InChI is InChI=1S/C13H7ClF2O3.C13H9F2NO3/c14-7-4-5-11(8(6-7)13(17)18)19-12-9(15)2-1-3-10(12)16;14-9-2-1-3-10(15)12(9)19-11-5-4-7(16)6-8(11)13(17)18/h1-6H,(H,17,18);1-6H,16H2,(H,17,18). The Labute approximate surface area is 217 Å². The Bertz CT molecular complexity index is 1360. The molecule has 0 aliphatic heterocycles. The number of anilines is 1. The van der Waals surface area contributed by atoms with E-state index < -0.39 is 46.7 Å². The number of hydrogen-bond acceptors (Lipinski definition) is 5. The lowest BCUT2D eigenvalue weighted by atomic mass is 10.2. The highest BCUT2D eigenvalue weighted by molar-refractivity contribution is 6.31. The predicted molar refractivity (Wildman–Crippen MR) is 129 cm³/mol. The van der Waals surface area contributed by atoms with E-state index in [0.29, 0.717) is 0 Å². The van der Waals surface area contributed by atoms with Crippen LogP contribution < -0.4 is 15.2 Å². The van der Waals surface area contributed by atoms with Crippen LogP contribution in [0, 0.1) is 23.3 Å². The largest absolute Gasteiger partial charge is 0.478 e. The zero-order valence-electron chi connectivity index (χ0n) is 18.9. The summed E-state index contributed by atoms with van der Waals surface area (Å²) in [5, 5.41) is 18.1. The number of carbonyl (C=O) groups is 2. The van der Waals surface area contributed by atoms with Crippen molar-refractivity contribution in [1.29, 1.82) is 0 Å². The fourth-order valence-electron chi connectivity index (χ4n) is 2.94. The number of nitrogen functional groups attached to an aromatic ring is 1. The van der Waals surface area contributed by atoms with Gasteiger partial charge >= 0.3 is 11.9 Å². The molecule has 4 N–H and O–H groups in total. The number of para-hydroxylation sites is 2. The zero-order valence-corrected chi connectivity index (χ0v) is 19.7. The van der Waals surface area contributed by atoms with E-state index in [1.807, 2.05) is 0 Å². The summed E-state index contributed by atoms with van der Waals surface area (Å²) in [7, 11) is 0. The van der Waals surface area contributed by atoms with E-state index in [9.17, 15) is 27.2 Å². The minimum atomic E-state index is -1.31. The van der Waals surface area contributed by atoms with E-state index in [4.69, 9.17) is 37.0 Å². The molecular formula is C26H16ClF4NO6. The summed E-state index contributed by atoms with van der Waals surface area (Å²) >= 11 is 5.66. The van der Waals surface area contributed by atoms with Crippen LogP contribution >= 0.6 is 11.6 Å². The summed E-state index contributed by atoms with van der Waals surface area (Å²) in [5.74, 6) is -8.01. The number of rotatable bonds is 6. The van der Waals surface area contributed by atoms with Crippen molar-refractivity contribution in [2.24, 2.45) is 0 Å². The third-order valence-corrected chi connectivity index (χ3v) is 4.90. The van der Waals surface area contributed by atoms with E-state index in [1.165, 1.54) is 36.4 Å². The Morgan fingerprint density at radius 1 is 0.658 bits per heavy atom. The van der Waals surface area contributed by atoms with Crippen LogP contribution in [0.2, 0.25) is 5.02 Å². The van der Waals surface area contributed by atoms with Crippen LogP contribution in [0.3, 0.4) is 0 Å². The third kappa shape index (κ3) is 6.71. The molecule has 38 heavy (non-hydrogen) atoms. The van der Waals surface area contributed by atoms with Gasteiger partial charge in [0.15, 0.2) is 34.8 Å². The van der Waals surface area contributed by atoms with Crippen LogP contribution in [-0.4, -0.2) is 22.2 Å². The quantitative estimate of drug-likeness (QED) is 0.173. The molecule has 4 aromatic carbocycles. The molecule has 0 bridgehead atoms. The molecule has 0 saturated carbocycles. The van der Waals surface area contributed by atoms with Crippen molar-refractivity contribution >= 4 is 29.2 Å². The summed E-state index contributed by atoms with van der Waals surface area (Å²) < 4.78 is 63.6. The first-order valence-corrected chi connectivity index (χ1v) is 10.7. The Hall–Kier alpha value is -4.77. The molecule has 0 fully saturated rings. The minimum absolute atomic E-state index is 0.179. The van der Waals surface area contributed by atoms with Gasteiger partial charge in [-0.1, -0.05) is 23.7 Å². The first-order chi connectivity index (χ1) is 18.0. The molecule has 0 heterocycles. The topological polar surface area (TPSA) is 119 Å². The second-order valence-electron chi connectivity index (χ2n) is 7.31. The molecule has 0 radical (unpaired) electrons. The average molecular weight is 550 g/mol. The van der Waals surface area contributed by atoms with Crippen molar-refractivity contribution in [1.82, 2.24) is 0 Å². The summed E-state index contributed by atoms with van der Waals surface area (Å²) in [5.41, 5.74) is 5.10. The maximum absolute atomic E-state index is 13.4. The lowest BCUT2D eigenvalue weighted by Crippen LogP contribution is -2.02. The molecule has 0 aliphatic carbocycles. The molecule has 0 atom stereocenters. The molecule has 0 unspecified atom stereocenters. The van der Waals surface area contributed by atoms with Crippen LogP contribution in [-0.2, 0) is 0 Å². The summed E-state index contributed by atoms with van der Waals surface area (Å²) in [6, 6.07) is 13.9. The van der Waals surface area contributed by atoms with E-state index in [0.717, 1.165) is 36.4 Å². The van der Waals surface area contributed by atoms with Gasteiger partial charge < -0.3 is 25.4 Å². The summed E-state index contributed by atoms with van der Waals surface area (Å²) in [6.45, 7) is 0. The number of halogens is 5. The molecule has 12 heteroatoms. The van der Waals surface area contributed by atoms with Crippen molar-refractivity contribution in [3.8, 4) is 23.0 Å². The van der Waals surface area contributed by atoms with E-state index >= 15 is 0 Å². The number of hydrogen-bond donors (Lipinski definition) is 3. The van der Waals surface area contributed by atoms with E-state index in [2.05, 4.69) is 0 Å². The zero-order chi connectivity index (χ0) is 28.0. The highest BCUT2D eigenvalue weighted by atomic mass is 35.5. The molecule has 0 amide bonds. The molecule has 4 rings (SSSR count). The normalized spacial score (nSPS) is 10.2. The molecule has 196 valence electrons. The Morgan fingerprint density at radius 3 is 1.47 bits per heavy atom. The van der Waals surface area contributed by atoms with Gasteiger partial charge in [-0.25, -0.2) is 27.2 Å². The number of benzene rings is 4.